The molecule has 96 valence electrons. The molecule has 1 aromatic carbocycles. The lowest BCUT2D eigenvalue weighted by molar-refractivity contribution is 0.203. The Kier molecular flexibility index (Phi) is 3.00. The van der Waals surface area contributed by atoms with Crippen molar-refractivity contribution in [2.24, 2.45) is 0 Å². The molecule has 0 aliphatic heterocycles. The molecule has 0 spiro atoms. The van der Waals surface area contributed by atoms with Crippen LogP contribution in [-0.2, 0) is 4.57 Å². The molecule has 18 heavy (non-hydrogen) atoms. The van der Waals surface area contributed by atoms with Crippen molar-refractivity contribution >= 4 is 18.6 Å². The molecule has 4 N–H and O–H groups in total. The maximum Gasteiger partial charge on any atom is 0.358 e. The maximum absolute atomic E-state index is 11.9. The number of hydrogen-bond donors (Lipinski definition) is 4. The number of rotatable bonds is 2. The maximum atomic E-state index is 11.9. The minimum Gasteiger partial charge on any atom is -0.508 e. The average Bonchev–Trinajstić information content (AvgIpc) is 2.27. The third-order valence-electron chi connectivity index (χ3n) is 2.38. The first-order valence-electron chi connectivity index (χ1n) is 4.78. The van der Waals surface area contributed by atoms with E-state index in [0.717, 1.165) is 6.26 Å². The Morgan fingerprint density at radius 3 is 2.56 bits per heavy atom. The van der Waals surface area contributed by atoms with Gasteiger partial charge in [-0.05, 0) is 12.1 Å². The molecule has 0 fully saturated rings. The van der Waals surface area contributed by atoms with Crippen molar-refractivity contribution in [2.75, 3.05) is 0 Å². The van der Waals surface area contributed by atoms with Gasteiger partial charge in [0.1, 0.15) is 17.6 Å². The van der Waals surface area contributed by atoms with Gasteiger partial charge in [0, 0.05) is 6.07 Å². The highest BCUT2D eigenvalue weighted by molar-refractivity contribution is 7.51. The summed E-state index contributed by atoms with van der Waals surface area (Å²) in [6.45, 7) is 0. The number of benzene rings is 1. The molecule has 0 saturated heterocycles. The molecule has 0 aliphatic rings. The lowest BCUT2D eigenvalue weighted by Gasteiger charge is -2.11. The van der Waals surface area contributed by atoms with E-state index in [4.69, 9.17) is 14.2 Å². The summed E-state index contributed by atoms with van der Waals surface area (Å²) >= 11 is 0. The Morgan fingerprint density at radius 1 is 1.28 bits per heavy atom. The molecule has 1 aromatic heterocycles. The van der Waals surface area contributed by atoms with Crippen LogP contribution in [0.3, 0.4) is 0 Å². The number of phenolic OH excluding ortho intramolecular Hbond substituents is 1. The molecule has 1 heterocycles. The van der Waals surface area contributed by atoms with E-state index >= 15 is 0 Å². The van der Waals surface area contributed by atoms with Crippen molar-refractivity contribution in [3.05, 3.63) is 40.2 Å². The van der Waals surface area contributed by atoms with Crippen LogP contribution in [0.25, 0.3) is 11.0 Å². The fourth-order valence-electron chi connectivity index (χ4n) is 1.49. The van der Waals surface area contributed by atoms with E-state index in [0.29, 0.717) is 0 Å². The third-order valence-corrected chi connectivity index (χ3v) is 3.30. The van der Waals surface area contributed by atoms with E-state index < -0.39 is 24.4 Å². The van der Waals surface area contributed by atoms with Gasteiger partial charge in [-0.25, -0.2) is 0 Å². The Labute approximate surface area is 100 Å². The highest BCUT2D eigenvalue weighted by Gasteiger charge is 2.31. The summed E-state index contributed by atoms with van der Waals surface area (Å²) in [5, 5.41) is 18.6. The van der Waals surface area contributed by atoms with Gasteiger partial charge in [-0.15, -0.1) is 0 Å². The van der Waals surface area contributed by atoms with Crippen molar-refractivity contribution in [3.8, 4) is 5.75 Å². The topological polar surface area (TPSA) is 128 Å². The Hall–Kier alpha value is -1.66. The van der Waals surface area contributed by atoms with Gasteiger partial charge in [0.15, 0.2) is 11.3 Å². The predicted molar refractivity (Wildman–Crippen MR) is 61.2 cm³/mol. The van der Waals surface area contributed by atoms with Crippen LogP contribution < -0.4 is 5.43 Å². The first kappa shape index (κ1) is 12.8. The van der Waals surface area contributed by atoms with Crippen molar-refractivity contribution in [1.82, 2.24) is 0 Å². The van der Waals surface area contributed by atoms with Gasteiger partial charge in [-0.3, -0.25) is 9.36 Å². The number of phenols is 1. The van der Waals surface area contributed by atoms with Crippen LogP contribution in [-0.4, -0.2) is 20.0 Å². The molecule has 0 bridgehead atoms. The van der Waals surface area contributed by atoms with Crippen molar-refractivity contribution in [3.63, 3.8) is 0 Å². The monoisotopic (exact) mass is 272 g/mol. The minimum absolute atomic E-state index is 0.0119. The Bertz CT molecular complexity index is 699. The quantitative estimate of drug-likeness (QED) is 0.591. The third kappa shape index (κ3) is 2.16. The predicted octanol–water partition coefficient (Wildman–Crippen LogP) is 0.667. The number of aliphatic hydroxyl groups excluding tert-OH is 1. The number of fused-ring (bicyclic) bond motifs is 1. The van der Waals surface area contributed by atoms with E-state index in [9.17, 15) is 19.6 Å². The molecular weight excluding hydrogens is 263 g/mol. The summed E-state index contributed by atoms with van der Waals surface area (Å²) in [6, 6.07) is 3.66. The van der Waals surface area contributed by atoms with Crippen LogP contribution >= 0.6 is 7.60 Å². The largest absolute Gasteiger partial charge is 0.508 e. The molecule has 0 radical (unpaired) electrons. The SMILES string of the molecule is O=c1c(C(O)P(=O)(O)O)coc2cc(O)ccc12. The van der Waals surface area contributed by atoms with Crippen LogP contribution in [0.4, 0.5) is 0 Å². The fourth-order valence-corrected chi connectivity index (χ4v) is 2.03. The summed E-state index contributed by atoms with van der Waals surface area (Å²) in [5.74, 6) is -2.35. The summed E-state index contributed by atoms with van der Waals surface area (Å²) in [7, 11) is -4.85. The normalized spacial score (nSPS) is 13.7. The molecule has 7 nitrogen and oxygen atoms in total. The van der Waals surface area contributed by atoms with Gasteiger partial charge >= 0.3 is 7.60 Å². The zero-order valence-corrected chi connectivity index (χ0v) is 9.74. The Balaban J connectivity index is 2.70. The number of hydrogen-bond acceptors (Lipinski definition) is 5. The second-order valence-electron chi connectivity index (χ2n) is 3.66. The van der Waals surface area contributed by atoms with Crippen molar-refractivity contribution < 1.29 is 29.0 Å². The lowest BCUT2D eigenvalue weighted by atomic mass is 10.2. The molecule has 2 aromatic rings. The minimum atomic E-state index is -4.85. The molecule has 1 unspecified atom stereocenters. The van der Waals surface area contributed by atoms with E-state index in [-0.39, 0.29) is 16.7 Å². The van der Waals surface area contributed by atoms with Crippen molar-refractivity contribution in [2.45, 2.75) is 5.85 Å². The zero-order chi connectivity index (χ0) is 13.5. The molecule has 8 heteroatoms. The molecule has 2 rings (SSSR count). The molecule has 1 atom stereocenters. The van der Waals surface area contributed by atoms with Gasteiger partial charge in [-0.1, -0.05) is 0 Å². The standard InChI is InChI=1S/C10H9O7P/c11-5-1-2-6-8(3-5)17-4-7(9(6)12)10(13)18(14,15)16/h1-4,10-11,13H,(H2,14,15,16). The van der Waals surface area contributed by atoms with E-state index in [1.807, 2.05) is 0 Å². The highest BCUT2D eigenvalue weighted by atomic mass is 31.2. The smallest absolute Gasteiger partial charge is 0.358 e. The Morgan fingerprint density at radius 2 is 1.94 bits per heavy atom. The highest BCUT2D eigenvalue weighted by Crippen LogP contribution is 2.49. The van der Waals surface area contributed by atoms with E-state index in [2.05, 4.69) is 0 Å². The molecule has 0 aliphatic carbocycles. The first-order chi connectivity index (χ1) is 8.30. The van der Waals surface area contributed by atoms with E-state index in [1.165, 1.54) is 18.2 Å². The van der Waals surface area contributed by atoms with Crippen molar-refractivity contribution in [1.29, 1.82) is 0 Å². The van der Waals surface area contributed by atoms with E-state index in [1.54, 1.807) is 0 Å². The number of aromatic hydroxyl groups is 1. The molecule has 0 amide bonds. The van der Waals surface area contributed by atoms with Gasteiger partial charge in [0.05, 0.1) is 10.9 Å². The summed E-state index contributed by atoms with van der Waals surface area (Å²) < 4.78 is 15.9. The fraction of sp³-hybridized carbons (Fsp3) is 0.100. The van der Waals surface area contributed by atoms with Gasteiger partial charge in [-0.2, -0.15) is 0 Å². The first-order valence-corrected chi connectivity index (χ1v) is 6.46. The zero-order valence-electron chi connectivity index (χ0n) is 8.85. The van der Waals surface area contributed by atoms with Crippen LogP contribution in [0.2, 0.25) is 0 Å². The molecule has 0 saturated carbocycles. The number of aliphatic hydroxyl groups is 1. The van der Waals surface area contributed by atoms with Crippen LogP contribution in [0.1, 0.15) is 11.4 Å². The van der Waals surface area contributed by atoms with Gasteiger partial charge in [0.25, 0.3) is 0 Å². The second-order valence-corrected chi connectivity index (χ2v) is 5.33. The van der Waals surface area contributed by atoms with Crippen LogP contribution in [0.15, 0.2) is 33.7 Å². The van der Waals surface area contributed by atoms with Gasteiger partial charge < -0.3 is 24.4 Å². The van der Waals surface area contributed by atoms with Gasteiger partial charge in [0.2, 0.25) is 0 Å². The second kappa shape index (κ2) is 4.22. The van der Waals surface area contributed by atoms with Crippen LogP contribution in [0, 0.1) is 0 Å². The average molecular weight is 272 g/mol. The molecular formula is C10H9O7P. The lowest BCUT2D eigenvalue weighted by Crippen LogP contribution is -2.13. The van der Waals surface area contributed by atoms with Crippen LogP contribution in [0.5, 0.6) is 5.75 Å². The summed E-state index contributed by atoms with van der Waals surface area (Å²) in [4.78, 5) is 29.5. The summed E-state index contributed by atoms with van der Waals surface area (Å²) in [6.07, 6.45) is 0.772. The summed E-state index contributed by atoms with van der Waals surface area (Å²) in [5.41, 5.74) is -1.23.